The molecule has 0 aliphatic rings. The van der Waals surface area contributed by atoms with Crippen LogP contribution in [0.5, 0.6) is 0 Å². The summed E-state index contributed by atoms with van der Waals surface area (Å²) in [5.74, 6) is 0. The van der Waals surface area contributed by atoms with E-state index in [-0.39, 0.29) is 11.4 Å². The molecule has 0 saturated carbocycles. The summed E-state index contributed by atoms with van der Waals surface area (Å²) in [7, 11) is 0. The SMILES string of the molecule is CCCCCCCCCCNC(=O)Nc1nc(C(C)(C)C)cs1. The summed E-state index contributed by atoms with van der Waals surface area (Å²) in [6, 6.07) is -0.150. The minimum atomic E-state index is -0.150. The molecule has 0 aliphatic heterocycles. The normalized spacial score (nSPS) is 11.5. The zero-order valence-corrected chi connectivity index (χ0v) is 16.0. The van der Waals surface area contributed by atoms with Crippen molar-refractivity contribution in [3.8, 4) is 0 Å². The number of hydrogen-bond donors (Lipinski definition) is 2. The predicted molar refractivity (Wildman–Crippen MR) is 100 cm³/mol. The van der Waals surface area contributed by atoms with Crippen LogP contribution in [-0.2, 0) is 5.41 Å². The van der Waals surface area contributed by atoms with Crippen LogP contribution in [0.25, 0.3) is 0 Å². The maximum Gasteiger partial charge on any atom is 0.321 e. The second kappa shape index (κ2) is 10.6. The van der Waals surface area contributed by atoms with Crippen molar-refractivity contribution in [1.29, 1.82) is 0 Å². The number of aromatic nitrogens is 1. The second-order valence-electron chi connectivity index (χ2n) is 7.14. The highest BCUT2D eigenvalue weighted by Crippen LogP contribution is 2.26. The van der Waals surface area contributed by atoms with Gasteiger partial charge in [0, 0.05) is 17.3 Å². The molecule has 2 amide bonds. The molecule has 1 aromatic rings. The molecule has 0 aliphatic carbocycles. The van der Waals surface area contributed by atoms with Gasteiger partial charge in [-0.2, -0.15) is 0 Å². The predicted octanol–water partition coefficient (Wildman–Crippen LogP) is 5.70. The molecule has 0 spiro atoms. The Morgan fingerprint density at radius 3 is 2.26 bits per heavy atom. The van der Waals surface area contributed by atoms with E-state index in [1.54, 1.807) is 0 Å². The molecule has 0 aromatic carbocycles. The van der Waals surface area contributed by atoms with Gasteiger partial charge in [0.05, 0.1) is 5.69 Å². The summed E-state index contributed by atoms with van der Waals surface area (Å²) < 4.78 is 0. The molecule has 0 atom stereocenters. The molecule has 0 unspecified atom stereocenters. The van der Waals surface area contributed by atoms with Gasteiger partial charge in [-0.25, -0.2) is 9.78 Å². The summed E-state index contributed by atoms with van der Waals surface area (Å²) in [6.45, 7) is 9.33. The highest BCUT2D eigenvalue weighted by atomic mass is 32.1. The third-order valence-corrected chi connectivity index (χ3v) is 4.57. The first kappa shape index (κ1) is 19.9. The first-order valence-electron chi connectivity index (χ1n) is 8.94. The lowest BCUT2D eigenvalue weighted by molar-refractivity contribution is 0.252. The second-order valence-corrected chi connectivity index (χ2v) is 8.00. The molecule has 0 fully saturated rings. The number of urea groups is 1. The molecule has 0 saturated heterocycles. The Labute approximate surface area is 145 Å². The number of carbonyl (C=O) groups excluding carboxylic acids is 1. The van der Waals surface area contributed by atoms with Crippen LogP contribution in [0.15, 0.2) is 5.38 Å². The van der Waals surface area contributed by atoms with E-state index in [9.17, 15) is 4.79 Å². The smallest absolute Gasteiger partial charge is 0.321 e. The van der Waals surface area contributed by atoms with Crippen LogP contribution >= 0.6 is 11.3 Å². The average molecular weight is 340 g/mol. The van der Waals surface area contributed by atoms with Crippen molar-refractivity contribution in [2.24, 2.45) is 0 Å². The van der Waals surface area contributed by atoms with Crippen LogP contribution in [0.2, 0.25) is 0 Å². The first-order valence-corrected chi connectivity index (χ1v) is 9.82. The van der Waals surface area contributed by atoms with Gasteiger partial charge in [0.1, 0.15) is 0 Å². The summed E-state index contributed by atoms with van der Waals surface area (Å²) in [5, 5.41) is 8.40. The lowest BCUT2D eigenvalue weighted by Gasteiger charge is -2.14. The third kappa shape index (κ3) is 8.94. The van der Waals surface area contributed by atoms with E-state index in [1.165, 1.54) is 56.3 Å². The van der Waals surface area contributed by atoms with E-state index < -0.39 is 0 Å². The van der Waals surface area contributed by atoms with Gasteiger partial charge in [0.15, 0.2) is 5.13 Å². The number of thiazole rings is 1. The molecular formula is C18H33N3OS. The Hall–Kier alpha value is -1.10. The number of anilines is 1. The average Bonchev–Trinajstić information content (AvgIpc) is 2.94. The zero-order chi connectivity index (χ0) is 17.1. The minimum Gasteiger partial charge on any atom is -0.338 e. The number of hydrogen-bond acceptors (Lipinski definition) is 3. The molecule has 1 heterocycles. The Kier molecular flexibility index (Phi) is 9.22. The van der Waals surface area contributed by atoms with Crippen LogP contribution in [0, 0.1) is 0 Å². The molecule has 0 bridgehead atoms. The van der Waals surface area contributed by atoms with Crippen LogP contribution in [0.1, 0.15) is 84.8 Å². The Morgan fingerprint density at radius 2 is 1.70 bits per heavy atom. The van der Waals surface area contributed by atoms with Gasteiger partial charge in [0.25, 0.3) is 0 Å². The number of rotatable bonds is 10. The van der Waals surface area contributed by atoms with Crippen molar-refractivity contribution in [2.45, 2.75) is 84.5 Å². The van der Waals surface area contributed by atoms with Crippen LogP contribution in [-0.4, -0.2) is 17.6 Å². The van der Waals surface area contributed by atoms with Gasteiger partial charge in [-0.15, -0.1) is 11.3 Å². The van der Waals surface area contributed by atoms with Crippen LogP contribution < -0.4 is 10.6 Å². The van der Waals surface area contributed by atoms with Crippen molar-refractivity contribution < 1.29 is 4.79 Å². The number of nitrogens with one attached hydrogen (secondary N) is 2. The summed E-state index contributed by atoms with van der Waals surface area (Å²) in [4.78, 5) is 16.3. The van der Waals surface area contributed by atoms with Crippen molar-refractivity contribution in [2.75, 3.05) is 11.9 Å². The molecule has 2 N–H and O–H groups in total. The Bertz CT molecular complexity index is 451. The standard InChI is InChI=1S/C18H33N3OS/c1-5-6-7-8-9-10-11-12-13-19-16(22)21-17-20-15(14-23-17)18(2,3)4/h14H,5-13H2,1-4H3,(H2,19,20,21,22). The Morgan fingerprint density at radius 1 is 1.09 bits per heavy atom. The molecular weight excluding hydrogens is 306 g/mol. The van der Waals surface area contributed by atoms with Gasteiger partial charge >= 0.3 is 6.03 Å². The highest BCUT2D eigenvalue weighted by molar-refractivity contribution is 7.13. The van der Waals surface area contributed by atoms with E-state index >= 15 is 0 Å². The Balaban J connectivity index is 2.07. The molecule has 4 nitrogen and oxygen atoms in total. The number of carbonyl (C=O) groups is 1. The van der Waals surface area contributed by atoms with Crippen molar-refractivity contribution in [3.63, 3.8) is 0 Å². The number of unbranched alkanes of at least 4 members (excludes halogenated alkanes) is 7. The molecule has 5 heteroatoms. The van der Waals surface area contributed by atoms with Crippen LogP contribution in [0.4, 0.5) is 9.93 Å². The van der Waals surface area contributed by atoms with E-state index in [0.29, 0.717) is 5.13 Å². The molecule has 0 radical (unpaired) electrons. The quantitative estimate of drug-likeness (QED) is 0.537. The van der Waals surface area contributed by atoms with E-state index in [1.807, 2.05) is 5.38 Å². The molecule has 1 aromatic heterocycles. The lowest BCUT2D eigenvalue weighted by atomic mass is 9.93. The number of nitrogens with zero attached hydrogens (tertiary/aromatic N) is 1. The molecule has 1 rings (SSSR count). The van der Waals surface area contributed by atoms with E-state index in [0.717, 1.165) is 18.7 Å². The summed E-state index contributed by atoms with van der Waals surface area (Å²) >= 11 is 1.48. The van der Waals surface area contributed by atoms with Crippen molar-refractivity contribution >= 4 is 22.5 Å². The lowest BCUT2D eigenvalue weighted by Crippen LogP contribution is -2.29. The van der Waals surface area contributed by atoms with Gasteiger partial charge in [0.2, 0.25) is 0 Å². The van der Waals surface area contributed by atoms with E-state index in [4.69, 9.17) is 0 Å². The third-order valence-electron chi connectivity index (χ3n) is 3.81. The van der Waals surface area contributed by atoms with Gasteiger partial charge in [-0.05, 0) is 6.42 Å². The molecule has 132 valence electrons. The summed E-state index contributed by atoms with van der Waals surface area (Å²) in [6.07, 6.45) is 10.2. The first-order chi connectivity index (χ1) is 10.9. The van der Waals surface area contributed by atoms with Crippen molar-refractivity contribution in [3.05, 3.63) is 11.1 Å². The maximum absolute atomic E-state index is 11.8. The maximum atomic E-state index is 11.8. The topological polar surface area (TPSA) is 54.0 Å². The number of amides is 2. The molecule has 23 heavy (non-hydrogen) atoms. The fourth-order valence-electron chi connectivity index (χ4n) is 2.28. The minimum absolute atomic E-state index is 0.0179. The highest BCUT2D eigenvalue weighted by Gasteiger charge is 2.17. The van der Waals surface area contributed by atoms with Gasteiger partial charge in [-0.1, -0.05) is 72.6 Å². The van der Waals surface area contributed by atoms with Crippen LogP contribution in [0.3, 0.4) is 0 Å². The van der Waals surface area contributed by atoms with E-state index in [2.05, 4.69) is 43.3 Å². The van der Waals surface area contributed by atoms with Gasteiger partial charge < -0.3 is 5.32 Å². The summed E-state index contributed by atoms with van der Waals surface area (Å²) in [5.41, 5.74) is 1.03. The van der Waals surface area contributed by atoms with Crippen molar-refractivity contribution in [1.82, 2.24) is 10.3 Å². The van der Waals surface area contributed by atoms with Gasteiger partial charge in [-0.3, -0.25) is 5.32 Å². The fraction of sp³-hybridized carbons (Fsp3) is 0.778. The monoisotopic (exact) mass is 339 g/mol. The largest absolute Gasteiger partial charge is 0.338 e. The zero-order valence-electron chi connectivity index (χ0n) is 15.2. The fourth-order valence-corrected chi connectivity index (χ4v) is 3.21.